The highest BCUT2D eigenvalue weighted by Crippen LogP contribution is 2.25. The molecule has 2 aromatic rings. The van der Waals surface area contributed by atoms with Gasteiger partial charge >= 0.3 is 0 Å². The summed E-state index contributed by atoms with van der Waals surface area (Å²) in [6.45, 7) is 1.88. The first kappa shape index (κ1) is 15.5. The monoisotopic (exact) mass is 313 g/mol. The van der Waals surface area contributed by atoms with Gasteiger partial charge in [-0.15, -0.1) is 0 Å². The summed E-state index contributed by atoms with van der Waals surface area (Å²) >= 11 is 0. The van der Waals surface area contributed by atoms with Gasteiger partial charge in [0.1, 0.15) is 11.6 Å². The first-order chi connectivity index (χ1) is 11.1. The van der Waals surface area contributed by atoms with E-state index in [9.17, 15) is 9.18 Å². The molecular formula is C19H20FNO2. The summed E-state index contributed by atoms with van der Waals surface area (Å²) in [7, 11) is 0. The van der Waals surface area contributed by atoms with Crippen LogP contribution in [0.3, 0.4) is 0 Å². The molecule has 1 atom stereocenters. The highest BCUT2D eigenvalue weighted by Gasteiger charge is 2.15. The molecule has 1 amide bonds. The molecular weight excluding hydrogens is 293 g/mol. The minimum absolute atomic E-state index is 0.0646. The van der Waals surface area contributed by atoms with Gasteiger partial charge in [-0.2, -0.15) is 0 Å². The second-order valence-electron chi connectivity index (χ2n) is 5.91. The number of halogens is 1. The van der Waals surface area contributed by atoms with Gasteiger partial charge in [0.25, 0.3) is 5.91 Å². The fraction of sp³-hybridized carbons (Fsp3) is 0.316. The number of rotatable bonds is 5. The number of benzene rings is 2. The minimum Gasteiger partial charge on any atom is -0.484 e. The van der Waals surface area contributed by atoms with E-state index in [0.717, 1.165) is 18.4 Å². The first-order valence-electron chi connectivity index (χ1n) is 7.91. The summed E-state index contributed by atoms with van der Waals surface area (Å²) in [6, 6.07) is 12.0. The molecule has 0 aromatic heterocycles. The molecule has 0 radical (unpaired) electrons. The van der Waals surface area contributed by atoms with Crippen molar-refractivity contribution in [1.82, 2.24) is 5.32 Å². The summed E-state index contributed by atoms with van der Waals surface area (Å²) in [5.74, 6) is -0.0407. The number of aryl methyl sites for hydroxylation is 2. The van der Waals surface area contributed by atoms with E-state index < -0.39 is 0 Å². The van der Waals surface area contributed by atoms with Crippen molar-refractivity contribution in [2.45, 2.75) is 32.2 Å². The molecule has 0 saturated heterocycles. The van der Waals surface area contributed by atoms with Gasteiger partial charge in [-0.25, -0.2) is 4.39 Å². The zero-order chi connectivity index (χ0) is 16.2. The van der Waals surface area contributed by atoms with Crippen LogP contribution in [-0.2, 0) is 17.6 Å². The zero-order valence-electron chi connectivity index (χ0n) is 13.1. The van der Waals surface area contributed by atoms with Crippen LogP contribution in [-0.4, -0.2) is 12.5 Å². The summed E-state index contributed by atoms with van der Waals surface area (Å²) in [6.07, 6.45) is 3.49. The lowest BCUT2D eigenvalue weighted by Gasteiger charge is -2.16. The summed E-state index contributed by atoms with van der Waals surface area (Å²) in [4.78, 5) is 12.0. The maximum absolute atomic E-state index is 12.8. The molecule has 3 nitrogen and oxygen atoms in total. The van der Waals surface area contributed by atoms with Crippen LogP contribution in [0.4, 0.5) is 4.39 Å². The van der Waals surface area contributed by atoms with Crippen LogP contribution in [0.2, 0.25) is 0 Å². The van der Waals surface area contributed by atoms with Gasteiger partial charge in [0.05, 0.1) is 6.04 Å². The maximum atomic E-state index is 12.8. The van der Waals surface area contributed by atoms with E-state index in [4.69, 9.17) is 4.74 Å². The van der Waals surface area contributed by atoms with Crippen molar-refractivity contribution in [2.24, 2.45) is 0 Å². The van der Waals surface area contributed by atoms with Crippen molar-refractivity contribution in [2.75, 3.05) is 6.61 Å². The highest BCUT2D eigenvalue weighted by molar-refractivity contribution is 5.78. The third-order valence-corrected chi connectivity index (χ3v) is 4.18. The van der Waals surface area contributed by atoms with Crippen LogP contribution in [0.1, 0.15) is 36.1 Å². The topological polar surface area (TPSA) is 38.3 Å². The Balaban J connectivity index is 1.54. The normalized spacial score (nSPS) is 14.2. The smallest absolute Gasteiger partial charge is 0.258 e. The van der Waals surface area contributed by atoms with E-state index in [0.29, 0.717) is 5.75 Å². The molecule has 1 N–H and O–H groups in total. The molecule has 1 aliphatic carbocycles. The van der Waals surface area contributed by atoms with E-state index in [2.05, 4.69) is 23.5 Å². The SMILES string of the molecule is CC(NC(=O)COc1ccc(F)cc1)c1ccc2c(c1)CCC2. The van der Waals surface area contributed by atoms with Crippen molar-refractivity contribution < 1.29 is 13.9 Å². The molecule has 0 heterocycles. The lowest BCUT2D eigenvalue weighted by atomic mass is 10.0. The number of carbonyl (C=O) groups excluding carboxylic acids is 1. The lowest BCUT2D eigenvalue weighted by Crippen LogP contribution is -2.31. The largest absolute Gasteiger partial charge is 0.484 e. The van der Waals surface area contributed by atoms with Crippen molar-refractivity contribution in [1.29, 1.82) is 0 Å². The molecule has 0 fully saturated rings. The lowest BCUT2D eigenvalue weighted by molar-refractivity contribution is -0.123. The second-order valence-corrected chi connectivity index (χ2v) is 5.91. The van der Waals surface area contributed by atoms with Crippen molar-refractivity contribution in [3.05, 3.63) is 65.0 Å². The Kier molecular flexibility index (Phi) is 4.60. The number of nitrogens with one attached hydrogen (secondary N) is 1. The summed E-state index contributed by atoms with van der Waals surface area (Å²) in [5.41, 5.74) is 3.93. The molecule has 0 saturated carbocycles. The van der Waals surface area contributed by atoms with Crippen LogP contribution in [0.25, 0.3) is 0 Å². The van der Waals surface area contributed by atoms with Gasteiger partial charge in [0.2, 0.25) is 0 Å². The Morgan fingerprint density at radius 1 is 1.17 bits per heavy atom. The zero-order valence-corrected chi connectivity index (χ0v) is 13.1. The predicted octanol–water partition coefficient (Wildman–Crippen LogP) is 3.57. The number of ether oxygens (including phenoxy) is 1. The minimum atomic E-state index is -0.327. The molecule has 120 valence electrons. The van der Waals surface area contributed by atoms with E-state index in [-0.39, 0.29) is 24.4 Å². The number of carbonyl (C=O) groups is 1. The molecule has 0 spiro atoms. The van der Waals surface area contributed by atoms with Crippen LogP contribution < -0.4 is 10.1 Å². The molecule has 23 heavy (non-hydrogen) atoms. The van der Waals surface area contributed by atoms with E-state index in [1.165, 1.54) is 41.8 Å². The van der Waals surface area contributed by atoms with Gasteiger partial charge in [-0.3, -0.25) is 4.79 Å². The average Bonchev–Trinajstić information content (AvgIpc) is 3.02. The number of fused-ring (bicyclic) bond motifs is 1. The summed E-state index contributed by atoms with van der Waals surface area (Å²) in [5, 5.41) is 2.93. The van der Waals surface area contributed by atoms with Gasteiger partial charge < -0.3 is 10.1 Å². The Labute approximate surface area is 135 Å². The van der Waals surface area contributed by atoms with Crippen LogP contribution in [0.5, 0.6) is 5.75 Å². The Hall–Kier alpha value is -2.36. The standard InChI is InChI=1S/C19H20FNO2/c1-13(15-6-5-14-3-2-4-16(14)11-15)21-19(22)12-23-18-9-7-17(20)8-10-18/h5-11,13H,2-4,12H2,1H3,(H,21,22). The van der Waals surface area contributed by atoms with Gasteiger partial charge in [0.15, 0.2) is 6.61 Å². The van der Waals surface area contributed by atoms with E-state index >= 15 is 0 Å². The maximum Gasteiger partial charge on any atom is 0.258 e. The third kappa shape index (κ3) is 3.89. The second kappa shape index (κ2) is 6.82. The van der Waals surface area contributed by atoms with Crippen molar-refractivity contribution in [3.8, 4) is 5.75 Å². The average molecular weight is 313 g/mol. The molecule has 3 rings (SSSR count). The van der Waals surface area contributed by atoms with Crippen molar-refractivity contribution >= 4 is 5.91 Å². The molecule has 0 aliphatic heterocycles. The molecule has 4 heteroatoms. The fourth-order valence-corrected chi connectivity index (χ4v) is 2.91. The molecule has 0 bridgehead atoms. The Bertz CT molecular complexity index is 697. The van der Waals surface area contributed by atoms with Gasteiger partial charge in [-0.05, 0) is 67.1 Å². The van der Waals surface area contributed by atoms with Gasteiger partial charge in [0, 0.05) is 0 Å². The summed E-state index contributed by atoms with van der Waals surface area (Å²) < 4.78 is 18.2. The molecule has 1 aliphatic rings. The van der Waals surface area contributed by atoms with Gasteiger partial charge in [-0.1, -0.05) is 18.2 Å². The Morgan fingerprint density at radius 3 is 2.70 bits per heavy atom. The highest BCUT2D eigenvalue weighted by atomic mass is 19.1. The number of hydrogen-bond donors (Lipinski definition) is 1. The van der Waals surface area contributed by atoms with Crippen molar-refractivity contribution in [3.63, 3.8) is 0 Å². The number of hydrogen-bond acceptors (Lipinski definition) is 2. The van der Waals surface area contributed by atoms with E-state index in [1.54, 1.807) is 0 Å². The quantitative estimate of drug-likeness (QED) is 0.916. The number of amides is 1. The van der Waals surface area contributed by atoms with Crippen LogP contribution >= 0.6 is 0 Å². The van der Waals surface area contributed by atoms with Crippen LogP contribution in [0, 0.1) is 5.82 Å². The molecule has 2 aromatic carbocycles. The van der Waals surface area contributed by atoms with E-state index in [1.807, 2.05) is 6.92 Å². The van der Waals surface area contributed by atoms with Crippen LogP contribution in [0.15, 0.2) is 42.5 Å². The third-order valence-electron chi connectivity index (χ3n) is 4.18. The predicted molar refractivity (Wildman–Crippen MR) is 86.9 cm³/mol. The fourth-order valence-electron chi connectivity index (χ4n) is 2.91. The molecule has 1 unspecified atom stereocenters. The first-order valence-corrected chi connectivity index (χ1v) is 7.91. The Morgan fingerprint density at radius 2 is 1.91 bits per heavy atom.